The molecule has 11 heteroatoms. The zero-order chi connectivity index (χ0) is 20.8. The molecule has 1 aromatic heterocycles. The van der Waals surface area contributed by atoms with E-state index in [1.807, 2.05) is 0 Å². The lowest BCUT2D eigenvalue weighted by Crippen LogP contribution is -2.50. The summed E-state index contributed by atoms with van der Waals surface area (Å²) >= 11 is 0. The van der Waals surface area contributed by atoms with Crippen molar-refractivity contribution in [2.24, 2.45) is 17.3 Å². The normalized spacial score (nSPS) is 35.2. The van der Waals surface area contributed by atoms with Crippen LogP contribution in [0, 0.1) is 17.3 Å². The van der Waals surface area contributed by atoms with Crippen molar-refractivity contribution in [3.8, 4) is 0 Å². The average molecular weight is 439 g/mol. The zero-order valence-electron chi connectivity index (χ0n) is 15.6. The van der Waals surface area contributed by atoms with E-state index < -0.39 is 34.7 Å². The summed E-state index contributed by atoms with van der Waals surface area (Å²) in [4.78, 5) is 2.33. The Hall–Kier alpha value is -1.23. The first-order valence-corrected chi connectivity index (χ1v) is 11.7. The highest BCUT2D eigenvalue weighted by atomic mass is 32.2. The van der Waals surface area contributed by atoms with E-state index in [-0.39, 0.29) is 40.4 Å². The number of sulfone groups is 1. The Morgan fingerprint density at radius 2 is 1.86 bits per heavy atom. The van der Waals surface area contributed by atoms with Crippen molar-refractivity contribution in [1.29, 1.82) is 0 Å². The second kappa shape index (κ2) is 6.15. The summed E-state index contributed by atoms with van der Waals surface area (Å²) in [5.74, 6) is 0.748. The van der Waals surface area contributed by atoms with Gasteiger partial charge in [-0.25, -0.2) is 17.2 Å². The third-order valence-electron chi connectivity index (χ3n) is 7.21. The van der Waals surface area contributed by atoms with Gasteiger partial charge in [-0.2, -0.15) is 18.3 Å². The lowest BCUT2D eigenvalue weighted by molar-refractivity contribution is -0.141. The fraction of sp³-hybridized carbons (Fsp3) is 0.833. The molecule has 5 nitrogen and oxygen atoms in total. The number of fused-ring (bicyclic) bond motifs is 1. The van der Waals surface area contributed by atoms with Crippen LogP contribution in [0.5, 0.6) is 0 Å². The fourth-order valence-electron chi connectivity index (χ4n) is 6.07. The summed E-state index contributed by atoms with van der Waals surface area (Å²) in [6.07, 6.45) is -4.90. The quantitative estimate of drug-likeness (QED) is 0.678. The van der Waals surface area contributed by atoms with Gasteiger partial charge >= 0.3 is 6.18 Å². The van der Waals surface area contributed by atoms with Gasteiger partial charge in [-0.3, -0.25) is 9.58 Å². The summed E-state index contributed by atoms with van der Waals surface area (Å²) in [5.41, 5.74) is -0.945. The smallest absolute Gasteiger partial charge is 0.300 e. The predicted molar refractivity (Wildman–Crippen MR) is 93.3 cm³/mol. The number of halogens is 5. The minimum Gasteiger partial charge on any atom is -0.300 e. The molecule has 29 heavy (non-hydrogen) atoms. The van der Waals surface area contributed by atoms with Gasteiger partial charge < -0.3 is 0 Å². The van der Waals surface area contributed by atoms with Crippen molar-refractivity contribution in [3.63, 3.8) is 0 Å². The third kappa shape index (κ3) is 3.37. The summed E-state index contributed by atoms with van der Waals surface area (Å²) in [6, 6.07) is 1.24. The molecule has 0 amide bonds. The molecule has 0 unspecified atom stereocenters. The van der Waals surface area contributed by atoms with Crippen LogP contribution in [0.25, 0.3) is 0 Å². The minimum atomic E-state index is -4.65. The van der Waals surface area contributed by atoms with E-state index >= 15 is 0 Å². The van der Waals surface area contributed by atoms with E-state index in [9.17, 15) is 30.4 Å². The van der Waals surface area contributed by atoms with Crippen molar-refractivity contribution in [1.82, 2.24) is 14.7 Å². The third-order valence-corrected chi connectivity index (χ3v) is 9.31. The Bertz CT molecular complexity index is 904. The van der Waals surface area contributed by atoms with Crippen LogP contribution >= 0.6 is 0 Å². The van der Waals surface area contributed by atoms with Crippen molar-refractivity contribution in [2.45, 2.75) is 50.4 Å². The van der Waals surface area contributed by atoms with Crippen LogP contribution < -0.4 is 0 Å². The Kier molecular flexibility index (Phi) is 4.18. The number of rotatable bonds is 4. The van der Waals surface area contributed by atoms with E-state index in [0.29, 0.717) is 6.04 Å². The van der Waals surface area contributed by atoms with Gasteiger partial charge in [0, 0.05) is 29.6 Å². The van der Waals surface area contributed by atoms with E-state index in [1.54, 1.807) is 0 Å². The molecule has 2 saturated carbocycles. The highest BCUT2D eigenvalue weighted by molar-refractivity contribution is 7.92. The molecule has 0 N–H and O–H groups in total. The Balaban J connectivity index is 1.25. The number of nitrogens with zero attached hydrogens (tertiary/aromatic N) is 3. The highest BCUT2D eigenvalue weighted by Crippen LogP contribution is 2.64. The Labute approximate surface area is 165 Å². The molecule has 0 bridgehead atoms. The van der Waals surface area contributed by atoms with Crippen LogP contribution in [-0.4, -0.2) is 60.2 Å². The van der Waals surface area contributed by atoms with Crippen LogP contribution in [0.3, 0.4) is 0 Å². The molecule has 4 atom stereocenters. The van der Waals surface area contributed by atoms with Crippen molar-refractivity contribution < 1.29 is 30.4 Å². The molecule has 3 heterocycles. The number of hydrogen-bond acceptors (Lipinski definition) is 4. The summed E-state index contributed by atoms with van der Waals surface area (Å²) < 4.78 is 88.6. The van der Waals surface area contributed by atoms with E-state index in [4.69, 9.17) is 0 Å². The van der Waals surface area contributed by atoms with Gasteiger partial charge in [0.15, 0.2) is 15.5 Å². The van der Waals surface area contributed by atoms with Crippen LogP contribution in [0.2, 0.25) is 0 Å². The molecule has 2 aliphatic heterocycles. The molecule has 0 aromatic carbocycles. The monoisotopic (exact) mass is 439 g/mol. The maximum atomic E-state index is 13.0. The Morgan fingerprint density at radius 3 is 2.41 bits per heavy atom. The van der Waals surface area contributed by atoms with E-state index in [2.05, 4.69) is 10.00 Å². The molecular weight excluding hydrogens is 417 g/mol. The summed E-state index contributed by atoms with van der Waals surface area (Å²) in [6.45, 7) is 0.794. The van der Waals surface area contributed by atoms with Gasteiger partial charge in [-0.1, -0.05) is 0 Å². The van der Waals surface area contributed by atoms with E-state index in [1.165, 1.54) is 0 Å². The molecule has 2 saturated heterocycles. The molecule has 2 aliphatic carbocycles. The molecule has 162 valence electrons. The minimum absolute atomic E-state index is 0.109. The first-order chi connectivity index (χ1) is 13.5. The van der Waals surface area contributed by atoms with Gasteiger partial charge in [-0.05, 0) is 43.7 Å². The molecule has 4 aliphatic rings. The first kappa shape index (κ1) is 19.7. The SMILES string of the molecule is O=S1(=O)CC2(CCN([C@H]3C[C@@H]4[C@H](C3)[C@H]4c3cc(C(F)(F)F)nn3CC(F)F)C2)C1. The van der Waals surface area contributed by atoms with Gasteiger partial charge in [0.1, 0.15) is 6.54 Å². The van der Waals surface area contributed by atoms with Crippen LogP contribution in [0.1, 0.15) is 36.6 Å². The van der Waals surface area contributed by atoms with Crippen LogP contribution in [0.15, 0.2) is 6.07 Å². The number of aromatic nitrogens is 2. The molecule has 5 rings (SSSR count). The summed E-state index contributed by atoms with van der Waals surface area (Å²) in [5, 5.41) is 3.40. The molecule has 0 radical (unpaired) electrons. The van der Waals surface area contributed by atoms with Gasteiger partial charge in [0.2, 0.25) is 0 Å². The number of likely N-dealkylation sites (tertiary alicyclic amines) is 1. The van der Waals surface area contributed by atoms with Gasteiger partial charge in [-0.15, -0.1) is 0 Å². The molecule has 1 aromatic rings. The fourth-order valence-corrected chi connectivity index (χ4v) is 8.32. The lowest BCUT2D eigenvalue weighted by Gasteiger charge is -2.38. The lowest BCUT2D eigenvalue weighted by atomic mass is 9.91. The summed E-state index contributed by atoms with van der Waals surface area (Å²) in [7, 11) is -2.88. The maximum Gasteiger partial charge on any atom is 0.435 e. The molecule has 4 fully saturated rings. The van der Waals surface area contributed by atoms with Crippen LogP contribution in [-0.2, 0) is 22.6 Å². The van der Waals surface area contributed by atoms with Crippen LogP contribution in [0.4, 0.5) is 22.0 Å². The second-order valence-electron chi connectivity index (χ2n) is 9.26. The predicted octanol–water partition coefficient (Wildman–Crippen LogP) is 2.78. The topological polar surface area (TPSA) is 55.2 Å². The first-order valence-electron chi connectivity index (χ1n) is 9.84. The van der Waals surface area contributed by atoms with Crippen molar-refractivity contribution >= 4 is 9.84 Å². The van der Waals surface area contributed by atoms with Gasteiger partial charge in [0.25, 0.3) is 6.43 Å². The van der Waals surface area contributed by atoms with Gasteiger partial charge in [0.05, 0.1) is 11.5 Å². The standard InChI is InChI=1S/C18H22F5N3O2S/c19-15(20)6-26-13(5-14(24-26)18(21,22)23)16-11-3-10(4-12(11)16)25-2-1-17(7-25)8-29(27,28)9-17/h5,10-12,15-16H,1-4,6-9H2/t10-,11+,12-,16-. The molecule has 1 spiro atoms. The average Bonchev–Trinajstić information content (AvgIpc) is 3.01. The van der Waals surface area contributed by atoms with Crippen molar-refractivity contribution in [3.05, 3.63) is 17.5 Å². The maximum absolute atomic E-state index is 13.0. The van der Waals surface area contributed by atoms with Crippen molar-refractivity contribution in [2.75, 3.05) is 24.6 Å². The molecular formula is C18H22F5N3O2S. The second-order valence-corrected chi connectivity index (χ2v) is 11.3. The number of alkyl halides is 5. The Morgan fingerprint density at radius 1 is 1.21 bits per heavy atom. The largest absolute Gasteiger partial charge is 0.435 e. The highest BCUT2D eigenvalue weighted by Gasteiger charge is 2.61. The zero-order valence-corrected chi connectivity index (χ0v) is 16.4. The number of hydrogen-bond donors (Lipinski definition) is 0. The van der Waals surface area contributed by atoms with E-state index in [0.717, 1.165) is 43.1 Å².